The third-order valence-corrected chi connectivity index (χ3v) is 9.59. The van der Waals surface area contributed by atoms with E-state index >= 15 is 0 Å². The number of benzene rings is 1. The van der Waals surface area contributed by atoms with E-state index in [4.69, 9.17) is 20.9 Å². The molecule has 0 bridgehead atoms. The fourth-order valence-corrected chi connectivity index (χ4v) is 6.82. The molecule has 0 saturated carbocycles. The third-order valence-electron chi connectivity index (χ3n) is 9.36. The number of likely N-dealkylation sites (tertiary alicyclic amines) is 1. The third kappa shape index (κ3) is 7.49. The molecule has 10 nitrogen and oxygen atoms in total. The van der Waals surface area contributed by atoms with Crippen LogP contribution in [0.15, 0.2) is 18.2 Å². The summed E-state index contributed by atoms with van der Waals surface area (Å²) in [6.45, 7) is 16.8. The van der Waals surface area contributed by atoms with E-state index in [9.17, 15) is 19.5 Å². The second-order valence-electron chi connectivity index (χ2n) is 14.5. The highest BCUT2D eigenvalue weighted by atomic mass is 35.5. The Morgan fingerprint density at radius 1 is 1.12 bits per heavy atom. The summed E-state index contributed by atoms with van der Waals surface area (Å²) < 4.78 is 12.4. The van der Waals surface area contributed by atoms with Gasteiger partial charge in [-0.3, -0.25) is 19.4 Å². The molecule has 3 heterocycles. The van der Waals surface area contributed by atoms with Crippen LogP contribution in [-0.2, 0) is 31.9 Å². The van der Waals surface area contributed by atoms with Gasteiger partial charge in [0.25, 0.3) is 0 Å². The largest absolute Gasteiger partial charge is 0.465 e. The van der Waals surface area contributed by atoms with Crippen LogP contribution in [0.5, 0.6) is 0 Å². The lowest BCUT2D eigenvalue weighted by molar-refractivity contribution is -0.135. The van der Waals surface area contributed by atoms with Crippen LogP contribution in [0.2, 0.25) is 11.3 Å². The molecule has 0 aromatic heterocycles. The average Bonchev–Trinajstić information content (AvgIpc) is 3.29. The Kier molecular flexibility index (Phi) is 9.53. The van der Waals surface area contributed by atoms with E-state index in [-0.39, 0.29) is 44.0 Å². The van der Waals surface area contributed by atoms with Gasteiger partial charge in [0.2, 0.25) is 11.8 Å². The predicted molar refractivity (Wildman–Crippen MR) is 167 cm³/mol. The van der Waals surface area contributed by atoms with Gasteiger partial charge in [-0.2, -0.15) is 0 Å². The van der Waals surface area contributed by atoms with Gasteiger partial charge in [-0.25, -0.2) is 4.79 Å². The van der Waals surface area contributed by atoms with Gasteiger partial charge in [-0.1, -0.05) is 24.1 Å². The maximum absolute atomic E-state index is 14.0. The molecule has 1 aromatic carbocycles. The van der Waals surface area contributed by atoms with E-state index in [2.05, 4.69) is 15.5 Å². The molecule has 3 aliphatic heterocycles. The van der Waals surface area contributed by atoms with E-state index in [1.807, 2.05) is 66.7 Å². The summed E-state index contributed by atoms with van der Waals surface area (Å²) in [7, 11) is -0.346. The van der Waals surface area contributed by atoms with Gasteiger partial charge >= 0.3 is 13.2 Å². The zero-order chi connectivity index (χ0) is 32.0. The number of carbonyl (C=O) groups excluding carboxylic acids is 2. The molecule has 2 fully saturated rings. The Morgan fingerprint density at radius 3 is 2.35 bits per heavy atom. The zero-order valence-electron chi connectivity index (χ0n) is 26.9. The first-order valence-corrected chi connectivity index (χ1v) is 15.7. The Labute approximate surface area is 261 Å². The number of hydrogen-bond donors (Lipinski definition) is 3. The predicted octanol–water partition coefficient (Wildman–Crippen LogP) is 4.34. The van der Waals surface area contributed by atoms with E-state index in [0.717, 1.165) is 17.5 Å². The molecule has 2 saturated heterocycles. The first-order valence-electron chi connectivity index (χ1n) is 15.3. The molecule has 3 atom stereocenters. The summed E-state index contributed by atoms with van der Waals surface area (Å²) in [5.74, 6) is -0.705. The van der Waals surface area contributed by atoms with Crippen molar-refractivity contribution in [2.24, 2.45) is 5.92 Å². The Hall–Kier alpha value is -2.34. The first-order chi connectivity index (χ1) is 19.8. The molecule has 1 aromatic rings. The molecule has 43 heavy (non-hydrogen) atoms. The minimum absolute atomic E-state index is 0.200. The number of amides is 3. The maximum Gasteiger partial charge on any atom is 0.457 e. The van der Waals surface area contributed by atoms with Gasteiger partial charge < -0.3 is 25.0 Å². The summed E-state index contributed by atoms with van der Waals surface area (Å²) in [5, 5.41) is 16.8. The van der Waals surface area contributed by atoms with E-state index in [1.54, 1.807) is 0 Å². The molecular weight excluding hydrogens is 571 g/mol. The highest BCUT2D eigenvalue weighted by Crippen LogP contribution is 2.40. The fourth-order valence-electron chi connectivity index (χ4n) is 6.63. The highest BCUT2D eigenvalue weighted by Gasteiger charge is 2.54. The van der Waals surface area contributed by atoms with Crippen LogP contribution in [-0.4, -0.2) is 87.9 Å². The van der Waals surface area contributed by atoms with Gasteiger partial charge in [0, 0.05) is 49.6 Å². The molecule has 238 valence electrons. The maximum atomic E-state index is 14.0. The zero-order valence-corrected chi connectivity index (χ0v) is 27.6. The van der Waals surface area contributed by atoms with Crippen LogP contribution < -0.4 is 10.6 Å². The molecule has 3 aliphatic rings. The lowest BCUT2D eigenvalue weighted by Crippen LogP contribution is -2.65. The lowest BCUT2D eigenvalue weighted by Gasteiger charge is -2.38. The van der Waals surface area contributed by atoms with Crippen molar-refractivity contribution in [1.29, 1.82) is 0 Å². The minimum atomic E-state index is -1.16. The number of carbonyl (C=O) groups is 3. The molecule has 0 spiro atoms. The Bertz CT molecular complexity index is 1220. The minimum Gasteiger partial charge on any atom is -0.465 e. The number of hydrogen-bond acceptors (Lipinski definition) is 6. The van der Waals surface area contributed by atoms with Crippen LogP contribution in [0.3, 0.4) is 0 Å². The second kappa shape index (κ2) is 12.2. The van der Waals surface area contributed by atoms with Crippen LogP contribution in [0, 0.1) is 5.92 Å². The summed E-state index contributed by atoms with van der Waals surface area (Å²) in [6.07, 6.45) is 1.61. The summed E-state index contributed by atoms with van der Waals surface area (Å²) in [4.78, 5) is 42.5. The standard InChI is InChI=1S/C31H48BClN4O6/c1-20(38)34-31(26(39)35-28(2,3)4)19-36(17-23(31)10-9-13-32-42-29(5,6)30(7,8)43-32)18-25-15-21-11-12-24(33)14-22(21)16-37(25)27(40)41/h11-12,14,23,25H,9-10,13,15-19H2,1-8H3,(H,34,38)(H,35,39)(H,40,41)/t23-,25?,31-/m0/s1. The van der Waals surface area contributed by atoms with Gasteiger partial charge in [0.15, 0.2) is 0 Å². The number of fused-ring (bicyclic) bond motifs is 1. The number of nitrogens with zero attached hydrogens (tertiary/aromatic N) is 2. The fraction of sp³-hybridized carbons (Fsp3) is 0.710. The van der Waals surface area contributed by atoms with Crippen LogP contribution in [0.1, 0.15) is 79.4 Å². The second-order valence-corrected chi connectivity index (χ2v) is 15.0. The van der Waals surface area contributed by atoms with Gasteiger partial charge in [-0.15, -0.1) is 0 Å². The molecule has 3 amide bonds. The van der Waals surface area contributed by atoms with Crippen molar-refractivity contribution >= 4 is 36.6 Å². The molecule has 0 aliphatic carbocycles. The SMILES string of the molecule is CC(=O)N[C@@]1(C(=O)NC(C)(C)C)CN(CC2Cc3ccc(Cl)cc3CN2C(=O)O)C[C@@H]1CCCB1OC(C)(C)C(C)(C)O1. The number of rotatable bonds is 8. The van der Waals surface area contributed by atoms with Crippen molar-refractivity contribution in [2.45, 2.75) is 116 Å². The molecule has 3 N–H and O–H groups in total. The van der Waals surface area contributed by atoms with Gasteiger partial charge in [-0.05, 0) is 90.9 Å². The van der Waals surface area contributed by atoms with E-state index in [1.165, 1.54) is 11.8 Å². The van der Waals surface area contributed by atoms with E-state index in [0.29, 0.717) is 37.3 Å². The van der Waals surface area contributed by atoms with Gasteiger partial charge in [0.1, 0.15) is 5.54 Å². The van der Waals surface area contributed by atoms with Crippen molar-refractivity contribution in [3.8, 4) is 0 Å². The summed E-state index contributed by atoms with van der Waals surface area (Å²) >= 11 is 6.19. The van der Waals surface area contributed by atoms with Crippen LogP contribution >= 0.6 is 11.6 Å². The summed E-state index contributed by atoms with van der Waals surface area (Å²) in [6, 6.07) is 5.31. The number of carboxylic acid groups (broad SMARTS) is 1. The van der Waals surface area contributed by atoms with Crippen molar-refractivity contribution in [2.75, 3.05) is 19.6 Å². The smallest absolute Gasteiger partial charge is 0.457 e. The Morgan fingerprint density at radius 2 is 1.77 bits per heavy atom. The van der Waals surface area contributed by atoms with Crippen LogP contribution in [0.25, 0.3) is 0 Å². The quantitative estimate of drug-likeness (QED) is 0.371. The molecule has 4 rings (SSSR count). The number of nitrogens with one attached hydrogen (secondary N) is 2. The molecule has 12 heteroatoms. The highest BCUT2D eigenvalue weighted by molar-refractivity contribution is 6.45. The van der Waals surface area contributed by atoms with Crippen molar-refractivity contribution < 1.29 is 28.8 Å². The molecular formula is C31H48BClN4O6. The topological polar surface area (TPSA) is 120 Å². The monoisotopic (exact) mass is 618 g/mol. The van der Waals surface area contributed by atoms with Gasteiger partial charge in [0.05, 0.1) is 17.2 Å². The normalized spacial score (nSPS) is 26.7. The average molecular weight is 619 g/mol. The van der Waals surface area contributed by atoms with Crippen molar-refractivity contribution in [3.63, 3.8) is 0 Å². The molecule has 1 unspecified atom stereocenters. The van der Waals surface area contributed by atoms with E-state index < -0.39 is 28.4 Å². The van der Waals surface area contributed by atoms with Crippen molar-refractivity contribution in [1.82, 2.24) is 20.4 Å². The summed E-state index contributed by atoms with van der Waals surface area (Å²) in [5.41, 5.74) is -0.530. The number of halogens is 1. The lowest BCUT2D eigenvalue weighted by atomic mass is 9.77. The molecule has 0 radical (unpaired) electrons. The van der Waals surface area contributed by atoms with Crippen molar-refractivity contribution in [3.05, 3.63) is 34.3 Å². The first kappa shape index (κ1) is 33.6. The Balaban J connectivity index is 1.56. The van der Waals surface area contributed by atoms with Crippen LogP contribution in [0.4, 0.5) is 4.79 Å².